The number of Topliss-reactive ketones (excluding diaryl/α,β-unsaturated/α-hetero) is 2. The molecular formula is C23H34O5. The maximum atomic E-state index is 13.5. The van der Waals surface area contributed by atoms with Crippen molar-refractivity contribution in [2.24, 2.45) is 40.4 Å². The largest absolute Gasteiger partial charge is 0.458 e. The Labute approximate surface area is 167 Å². The van der Waals surface area contributed by atoms with Gasteiger partial charge in [0.1, 0.15) is 12.4 Å². The molecule has 0 bridgehead atoms. The Morgan fingerprint density at radius 3 is 2.57 bits per heavy atom. The number of aliphatic hydroxyl groups is 1. The monoisotopic (exact) mass is 390 g/mol. The van der Waals surface area contributed by atoms with Crippen molar-refractivity contribution in [3.05, 3.63) is 0 Å². The van der Waals surface area contributed by atoms with Crippen molar-refractivity contribution < 1.29 is 24.2 Å². The van der Waals surface area contributed by atoms with E-state index in [0.29, 0.717) is 30.0 Å². The first-order valence-electron chi connectivity index (χ1n) is 11.0. The second-order valence-corrected chi connectivity index (χ2v) is 10.5. The molecule has 0 aromatic heterocycles. The maximum Gasteiger partial charge on any atom is 0.303 e. The fraction of sp³-hybridized carbons (Fsp3) is 0.870. The van der Waals surface area contributed by atoms with Gasteiger partial charge in [0, 0.05) is 25.2 Å². The molecule has 4 fully saturated rings. The topological polar surface area (TPSA) is 80.7 Å². The SMILES string of the molecule is CC(=O)OCC(=O)[C@H]1CC[C@H]2[C@@H]3CCC4C[C@H](O)CC[C@]4(C)[C@H]3C(=O)C[C@]12C. The van der Waals surface area contributed by atoms with Crippen LogP contribution in [0.1, 0.15) is 72.1 Å². The van der Waals surface area contributed by atoms with Gasteiger partial charge in [-0.3, -0.25) is 14.4 Å². The zero-order valence-electron chi connectivity index (χ0n) is 17.4. The lowest BCUT2D eigenvalue weighted by Gasteiger charge is -2.59. The minimum atomic E-state index is -0.432. The van der Waals surface area contributed by atoms with Crippen molar-refractivity contribution in [3.8, 4) is 0 Å². The Bertz CT molecular complexity index is 686. The first-order valence-corrected chi connectivity index (χ1v) is 11.0. The summed E-state index contributed by atoms with van der Waals surface area (Å²) in [5.41, 5.74) is -0.298. The van der Waals surface area contributed by atoms with Crippen LogP contribution >= 0.6 is 0 Å². The summed E-state index contributed by atoms with van der Waals surface area (Å²) >= 11 is 0. The predicted molar refractivity (Wildman–Crippen MR) is 103 cm³/mol. The fourth-order valence-corrected chi connectivity index (χ4v) is 7.85. The Morgan fingerprint density at radius 2 is 1.86 bits per heavy atom. The minimum absolute atomic E-state index is 0.000393. The number of aliphatic hydroxyl groups excluding tert-OH is 1. The number of hydrogen-bond donors (Lipinski definition) is 1. The van der Waals surface area contributed by atoms with E-state index in [9.17, 15) is 19.5 Å². The lowest BCUT2D eigenvalue weighted by atomic mass is 9.44. The third kappa shape index (κ3) is 2.96. The summed E-state index contributed by atoms with van der Waals surface area (Å²) in [6, 6.07) is 0. The summed E-state index contributed by atoms with van der Waals surface area (Å²) in [7, 11) is 0. The van der Waals surface area contributed by atoms with E-state index in [-0.39, 0.29) is 41.2 Å². The third-order valence-corrected chi connectivity index (χ3v) is 9.13. The standard InChI is InChI=1S/C23H34O5/c1-13(24)28-12-20(27)18-7-6-17-16-5-4-14-10-15(25)8-9-22(14,2)21(16)19(26)11-23(17,18)3/h14-18,21,25H,4-12H2,1-3H3/t14?,15-,16+,17+,18-,21-,22+,23+/m1/s1. The summed E-state index contributed by atoms with van der Waals surface area (Å²) in [5, 5.41) is 10.1. The molecule has 0 aliphatic heterocycles. The molecule has 0 spiro atoms. The zero-order chi connectivity index (χ0) is 20.3. The van der Waals surface area contributed by atoms with Gasteiger partial charge in [0.25, 0.3) is 0 Å². The van der Waals surface area contributed by atoms with Gasteiger partial charge in [0.2, 0.25) is 0 Å². The van der Waals surface area contributed by atoms with Crippen molar-refractivity contribution in [1.29, 1.82) is 0 Å². The van der Waals surface area contributed by atoms with E-state index in [4.69, 9.17) is 4.74 Å². The first kappa shape index (κ1) is 20.1. The van der Waals surface area contributed by atoms with Gasteiger partial charge in [-0.2, -0.15) is 0 Å². The average molecular weight is 391 g/mol. The Balaban J connectivity index is 1.58. The molecule has 28 heavy (non-hydrogen) atoms. The summed E-state index contributed by atoms with van der Waals surface area (Å²) in [6.45, 7) is 5.58. The van der Waals surface area contributed by atoms with Crippen molar-refractivity contribution in [2.75, 3.05) is 6.61 Å². The molecule has 4 aliphatic carbocycles. The van der Waals surface area contributed by atoms with Crippen LogP contribution < -0.4 is 0 Å². The van der Waals surface area contributed by atoms with E-state index in [1.807, 2.05) is 0 Å². The molecule has 0 saturated heterocycles. The van der Waals surface area contributed by atoms with E-state index in [0.717, 1.165) is 44.9 Å². The number of rotatable bonds is 3. The summed E-state index contributed by atoms with van der Waals surface area (Å²) in [5.74, 6) is 0.971. The summed E-state index contributed by atoms with van der Waals surface area (Å²) in [4.78, 5) is 37.4. The number of carbonyl (C=O) groups is 3. The van der Waals surface area contributed by atoms with Crippen LogP contribution in [-0.4, -0.2) is 35.4 Å². The molecule has 1 unspecified atom stereocenters. The molecule has 5 nitrogen and oxygen atoms in total. The van der Waals surface area contributed by atoms with Crippen LogP contribution in [0.2, 0.25) is 0 Å². The van der Waals surface area contributed by atoms with Gasteiger partial charge >= 0.3 is 5.97 Å². The third-order valence-electron chi connectivity index (χ3n) is 9.13. The molecular weight excluding hydrogens is 356 g/mol. The van der Waals surface area contributed by atoms with Crippen LogP contribution in [0.4, 0.5) is 0 Å². The first-order chi connectivity index (χ1) is 13.2. The molecule has 0 radical (unpaired) electrons. The van der Waals surface area contributed by atoms with Gasteiger partial charge in [0.05, 0.1) is 6.10 Å². The Morgan fingerprint density at radius 1 is 1.11 bits per heavy atom. The van der Waals surface area contributed by atoms with Gasteiger partial charge < -0.3 is 9.84 Å². The molecule has 4 rings (SSSR count). The Hall–Kier alpha value is -1.23. The molecule has 1 N–H and O–H groups in total. The van der Waals surface area contributed by atoms with Gasteiger partial charge in [-0.25, -0.2) is 0 Å². The van der Waals surface area contributed by atoms with Crippen LogP contribution in [0.5, 0.6) is 0 Å². The molecule has 0 amide bonds. The molecule has 0 aromatic carbocycles. The molecule has 156 valence electrons. The summed E-state index contributed by atoms with van der Waals surface area (Å²) in [6.07, 6.45) is 6.74. The molecule has 5 heteroatoms. The zero-order valence-corrected chi connectivity index (χ0v) is 17.4. The van der Waals surface area contributed by atoms with Gasteiger partial charge in [-0.05, 0) is 73.5 Å². The number of ether oxygens (including phenoxy) is 1. The number of ketones is 2. The quantitative estimate of drug-likeness (QED) is 0.748. The average Bonchev–Trinajstić information content (AvgIpc) is 2.96. The highest BCUT2D eigenvalue weighted by atomic mass is 16.5. The van der Waals surface area contributed by atoms with Crippen LogP contribution in [-0.2, 0) is 19.1 Å². The molecule has 8 atom stereocenters. The lowest BCUT2D eigenvalue weighted by molar-refractivity contribution is -0.163. The minimum Gasteiger partial charge on any atom is -0.458 e. The van der Waals surface area contributed by atoms with Gasteiger partial charge in [-0.1, -0.05) is 13.8 Å². The second-order valence-electron chi connectivity index (χ2n) is 10.5. The molecule has 4 aliphatic rings. The van der Waals surface area contributed by atoms with E-state index < -0.39 is 5.97 Å². The van der Waals surface area contributed by atoms with Gasteiger partial charge in [-0.15, -0.1) is 0 Å². The predicted octanol–water partition coefficient (Wildman–Crippen LogP) is 3.32. The van der Waals surface area contributed by atoms with E-state index in [2.05, 4.69) is 13.8 Å². The molecule has 4 saturated carbocycles. The van der Waals surface area contributed by atoms with E-state index in [1.165, 1.54) is 6.92 Å². The van der Waals surface area contributed by atoms with Crippen LogP contribution in [0, 0.1) is 40.4 Å². The highest BCUT2D eigenvalue weighted by Gasteiger charge is 2.64. The van der Waals surface area contributed by atoms with E-state index in [1.54, 1.807) is 0 Å². The molecule has 0 aromatic rings. The Kier molecular flexibility index (Phi) is 4.96. The highest BCUT2D eigenvalue weighted by molar-refractivity contribution is 5.89. The second kappa shape index (κ2) is 6.93. The fourth-order valence-electron chi connectivity index (χ4n) is 7.85. The van der Waals surface area contributed by atoms with Crippen LogP contribution in [0.15, 0.2) is 0 Å². The normalized spacial score (nSPS) is 47.6. The number of hydrogen-bond acceptors (Lipinski definition) is 5. The van der Waals surface area contributed by atoms with Gasteiger partial charge in [0.15, 0.2) is 5.78 Å². The number of fused-ring (bicyclic) bond motifs is 5. The number of esters is 1. The van der Waals surface area contributed by atoms with Crippen molar-refractivity contribution in [1.82, 2.24) is 0 Å². The van der Waals surface area contributed by atoms with Crippen molar-refractivity contribution >= 4 is 17.5 Å². The molecule has 0 heterocycles. The summed E-state index contributed by atoms with van der Waals surface area (Å²) < 4.78 is 4.97. The van der Waals surface area contributed by atoms with E-state index >= 15 is 0 Å². The lowest BCUT2D eigenvalue weighted by Crippen LogP contribution is -2.58. The van der Waals surface area contributed by atoms with Crippen LogP contribution in [0.3, 0.4) is 0 Å². The highest BCUT2D eigenvalue weighted by Crippen LogP contribution is 2.66. The maximum absolute atomic E-state index is 13.5. The van der Waals surface area contributed by atoms with Crippen molar-refractivity contribution in [3.63, 3.8) is 0 Å². The van der Waals surface area contributed by atoms with Crippen LogP contribution in [0.25, 0.3) is 0 Å². The number of carbonyl (C=O) groups excluding carboxylic acids is 3. The smallest absolute Gasteiger partial charge is 0.303 e. The van der Waals surface area contributed by atoms with Crippen molar-refractivity contribution in [2.45, 2.75) is 78.2 Å².